The molecule has 1 unspecified atom stereocenters. The van der Waals surface area contributed by atoms with E-state index in [9.17, 15) is 9.59 Å². The summed E-state index contributed by atoms with van der Waals surface area (Å²) in [7, 11) is 0. The number of carbonyl (C=O) groups is 2. The van der Waals surface area contributed by atoms with Gasteiger partial charge in [-0.25, -0.2) is 0 Å². The van der Waals surface area contributed by atoms with E-state index in [-0.39, 0.29) is 24.8 Å². The number of amides is 2. The number of rotatable bonds is 8. The highest BCUT2D eigenvalue weighted by atomic mass is 35.5. The largest absolute Gasteiger partial charge is 0.368 e. The summed E-state index contributed by atoms with van der Waals surface area (Å²) in [6.45, 7) is 5.10. The highest BCUT2D eigenvalue weighted by Crippen LogP contribution is 2.19. The molecule has 0 bridgehead atoms. The Morgan fingerprint density at radius 2 is 1.74 bits per heavy atom. The number of para-hydroxylation sites is 1. The van der Waals surface area contributed by atoms with Crippen molar-refractivity contribution in [2.75, 3.05) is 37.6 Å². The number of hydrogen-bond donors (Lipinski definition) is 1. The van der Waals surface area contributed by atoms with Gasteiger partial charge >= 0.3 is 0 Å². The normalized spacial score (nSPS) is 14.6. The lowest BCUT2D eigenvalue weighted by molar-refractivity contribution is -0.131. The number of benzene rings is 2. The average Bonchev–Trinajstić information content (AvgIpc) is 3.35. The third kappa shape index (κ3) is 5.72. The summed E-state index contributed by atoms with van der Waals surface area (Å²) in [5.74, 6) is 0.238. The maximum absolute atomic E-state index is 12.7. The highest BCUT2D eigenvalue weighted by Gasteiger charge is 2.24. The molecule has 9 nitrogen and oxygen atoms in total. The van der Waals surface area contributed by atoms with E-state index < -0.39 is 6.04 Å². The molecule has 3 aromatic rings. The first-order valence-electron chi connectivity index (χ1n) is 11.5. The number of piperazine rings is 1. The molecule has 1 saturated heterocycles. The second-order valence-electron chi connectivity index (χ2n) is 8.11. The number of tetrazole rings is 1. The molecule has 4 rings (SSSR count). The summed E-state index contributed by atoms with van der Waals surface area (Å²) in [5.41, 5.74) is 1.94. The van der Waals surface area contributed by atoms with E-state index in [1.807, 2.05) is 30.0 Å². The number of hydrogen-bond acceptors (Lipinski definition) is 6. The second-order valence-corrected chi connectivity index (χ2v) is 8.55. The molecular weight excluding hydrogens is 454 g/mol. The molecule has 2 amide bonds. The van der Waals surface area contributed by atoms with E-state index in [1.54, 1.807) is 24.3 Å². The van der Waals surface area contributed by atoms with Gasteiger partial charge in [0.25, 0.3) is 0 Å². The molecule has 0 radical (unpaired) electrons. The molecular formula is C24H28ClN7O2. The molecule has 2 aromatic carbocycles. The van der Waals surface area contributed by atoms with Crippen LogP contribution in [0.3, 0.4) is 0 Å². The summed E-state index contributed by atoms with van der Waals surface area (Å²) < 4.78 is 0. The Kier molecular flexibility index (Phi) is 7.74. The first-order chi connectivity index (χ1) is 16.5. The summed E-state index contributed by atoms with van der Waals surface area (Å²) in [5, 5.41) is 15.9. The predicted molar refractivity (Wildman–Crippen MR) is 130 cm³/mol. The summed E-state index contributed by atoms with van der Waals surface area (Å²) in [6.07, 6.45) is 0.756. The van der Waals surface area contributed by atoms with Crippen LogP contribution < -0.4 is 10.2 Å². The van der Waals surface area contributed by atoms with Gasteiger partial charge in [-0.3, -0.25) is 9.59 Å². The number of nitrogens with zero attached hydrogens (tertiary/aromatic N) is 6. The Labute approximate surface area is 203 Å². The lowest BCUT2D eigenvalue weighted by Gasteiger charge is -2.36. The monoisotopic (exact) mass is 481 g/mol. The van der Waals surface area contributed by atoms with E-state index in [4.69, 9.17) is 11.6 Å². The van der Waals surface area contributed by atoms with Crippen LogP contribution in [0.4, 0.5) is 5.69 Å². The fourth-order valence-electron chi connectivity index (χ4n) is 3.95. The molecule has 178 valence electrons. The Morgan fingerprint density at radius 1 is 1.03 bits per heavy atom. The molecule has 0 spiro atoms. The van der Waals surface area contributed by atoms with Gasteiger partial charge in [0.15, 0.2) is 6.04 Å². The summed E-state index contributed by atoms with van der Waals surface area (Å²) in [6, 6.07) is 16.7. The standard InChI is InChI=1S/C24H28ClN7O2/c1-2-21(32-28-23(27-29-32)18-8-10-19(25)11-9-18)24(34)26-13-12-22(33)31-16-14-30(15-17-31)20-6-4-3-5-7-20/h3-11,21H,2,12-17H2,1H3,(H,26,34). The van der Waals surface area contributed by atoms with E-state index in [1.165, 1.54) is 10.5 Å². The van der Waals surface area contributed by atoms with Crippen LogP contribution in [0.15, 0.2) is 54.6 Å². The molecule has 10 heteroatoms. The molecule has 1 aromatic heterocycles. The number of nitrogens with one attached hydrogen (secondary N) is 1. The van der Waals surface area contributed by atoms with Gasteiger partial charge in [-0.05, 0) is 48.0 Å². The van der Waals surface area contributed by atoms with Gasteiger partial charge in [-0.2, -0.15) is 4.80 Å². The molecule has 1 aliphatic heterocycles. The van der Waals surface area contributed by atoms with Crippen molar-refractivity contribution in [3.05, 3.63) is 59.6 Å². The van der Waals surface area contributed by atoms with Gasteiger partial charge in [0.05, 0.1) is 0 Å². The van der Waals surface area contributed by atoms with Crippen molar-refractivity contribution in [2.24, 2.45) is 0 Å². The fourth-order valence-corrected chi connectivity index (χ4v) is 4.07. The van der Waals surface area contributed by atoms with Crippen molar-refractivity contribution >= 4 is 29.1 Å². The topological polar surface area (TPSA) is 96.2 Å². The zero-order valence-electron chi connectivity index (χ0n) is 19.1. The summed E-state index contributed by atoms with van der Waals surface area (Å²) >= 11 is 5.93. The minimum atomic E-state index is -0.599. The number of aromatic nitrogens is 4. The first kappa shape index (κ1) is 23.7. The van der Waals surface area contributed by atoms with Gasteiger partial charge in [-0.1, -0.05) is 36.7 Å². The molecule has 0 saturated carbocycles. The maximum atomic E-state index is 12.7. The molecule has 1 aliphatic rings. The third-order valence-electron chi connectivity index (χ3n) is 5.89. The minimum Gasteiger partial charge on any atom is -0.368 e. The van der Waals surface area contributed by atoms with E-state index in [0.29, 0.717) is 30.4 Å². The van der Waals surface area contributed by atoms with Crippen molar-refractivity contribution in [3.63, 3.8) is 0 Å². The minimum absolute atomic E-state index is 0.0463. The van der Waals surface area contributed by atoms with Crippen molar-refractivity contribution in [1.82, 2.24) is 30.4 Å². The third-order valence-corrected chi connectivity index (χ3v) is 6.14. The highest BCUT2D eigenvalue weighted by molar-refractivity contribution is 6.30. The molecule has 1 atom stereocenters. The van der Waals surface area contributed by atoms with Crippen molar-refractivity contribution in [1.29, 1.82) is 0 Å². The molecule has 2 heterocycles. The van der Waals surface area contributed by atoms with Gasteiger partial charge in [0.1, 0.15) is 0 Å². The number of halogens is 1. The molecule has 0 aliphatic carbocycles. The lowest BCUT2D eigenvalue weighted by atomic mass is 10.2. The van der Waals surface area contributed by atoms with E-state index in [2.05, 4.69) is 37.8 Å². The fraction of sp³-hybridized carbons (Fsp3) is 0.375. The molecule has 1 fully saturated rings. The smallest absolute Gasteiger partial charge is 0.246 e. The van der Waals surface area contributed by atoms with E-state index >= 15 is 0 Å². The lowest BCUT2D eigenvalue weighted by Crippen LogP contribution is -2.49. The van der Waals surface area contributed by atoms with Crippen LogP contribution in [0, 0.1) is 0 Å². The Bertz CT molecular complexity index is 1100. The van der Waals surface area contributed by atoms with Crippen LogP contribution in [-0.4, -0.2) is 69.6 Å². The van der Waals surface area contributed by atoms with Crippen LogP contribution in [-0.2, 0) is 9.59 Å². The average molecular weight is 482 g/mol. The number of carbonyl (C=O) groups excluding carboxylic acids is 2. The Balaban J connectivity index is 1.24. The van der Waals surface area contributed by atoms with Crippen LogP contribution in [0.1, 0.15) is 25.8 Å². The zero-order valence-corrected chi connectivity index (χ0v) is 19.9. The van der Waals surface area contributed by atoms with Gasteiger partial charge < -0.3 is 15.1 Å². The maximum Gasteiger partial charge on any atom is 0.246 e. The first-order valence-corrected chi connectivity index (χ1v) is 11.8. The van der Waals surface area contributed by atoms with Crippen LogP contribution in [0.25, 0.3) is 11.4 Å². The van der Waals surface area contributed by atoms with Crippen molar-refractivity contribution in [2.45, 2.75) is 25.8 Å². The van der Waals surface area contributed by atoms with Gasteiger partial charge in [0.2, 0.25) is 17.6 Å². The van der Waals surface area contributed by atoms with Crippen LogP contribution in [0.5, 0.6) is 0 Å². The Hall–Kier alpha value is -3.46. The summed E-state index contributed by atoms with van der Waals surface area (Å²) in [4.78, 5) is 30.8. The van der Waals surface area contributed by atoms with Gasteiger partial charge in [0, 0.05) is 55.4 Å². The van der Waals surface area contributed by atoms with Crippen LogP contribution in [0.2, 0.25) is 5.02 Å². The molecule has 34 heavy (non-hydrogen) atoms. The number of anilines is 1. The Morgan fingerprint density at radius 3 is 2.41 bits per heavy atom. The van der Waals surface area contributed by atoms with Crippen LogP contribution >= 0.6 is 11.6 Å². The SMILES string of the molecule is CCC(C(=O)NCCC(=O)N1CCN(c2ccccc2)CC1)n1nnc(-c2ccc(Cl)cc2)n1. The van der Waals surface area contributed by atoms with Gasteiger partial charge in [-0.15, -0.1) is 10.2 Å². The van der Waals surface area contributed by atoms with Crippen molar-refractivity contribution < 1.29 is 9.59 Å². The van der Waals surface area contributed by atoms with E-state index in [0.717, 1.165) is 18.7 Å². The van der Waals surface area contributed by atoms with Crippen molar-refractivity contribution in [3.8, 4) is 11.4 Å². The zero-order chi connectivity index (χ0) is 23.9. The quantitative estimate of drug-likeness (QED) is 0.531. The second kappa shape index (κ2) is 11.1. The predicted octanol–water partition coefficient (Wildman–Crippen LogP) is 2.80. The molecule has 1 N–H and O–H groups in total.